The lowest BCUT2D eigenvalue weighted by atomic mass is 9.85. The number of hydrogen-bond donors (Lipinski definition) is 1. The van der Waals surface area contributed by atoms with Crippen LogP contribution in [0.4, 0.5) is 0 Å². The molecule has 1 N–H and O–H groups in total. The van der Waals surface area contributed by atoms with Crippen LogP contribution in [-0.4, -0.2) is 61.5 Å². The van der Waals surface area contributed by atoms with Crippen molar-refractivity contribution >= 4 is 40.3 Å². The number of hydrogen-bond acceptors (Lipinski definition) is 7. The summed E-state index contributed by atoms with van der Waals surface area (Å²) in [5, 5.41) is 11.1. The number of aliphatic hydroxyl groups is 1. The SMILES string of the molecule is C=CCOC(=O)[C@@H]1N2C(=O)[C@@H]([C@H](O)C(=O)c3cnc4ccccc4c3)[C@H]2SC1(C)C. The molecular formula is C22H22N2O5S. The van der Waals surface area contributed by atoms with Crippen LogP contribution in [0.2, 0.25) is 0 Å². The summed E-state index contributed by atoms with van der Waals surface area (Å²) in [6, 6.07) is 8.23. The van der Waals surface area contributed by atoms with Crippen molar-refractivity contribution in [3.05, 3.63) is 54.7 Å². The van der Waals surface area contributed by atoms with Crippen LogP contribution in [0.5, 0.6) is 0 Å². The molecule has 2 fully saturated rings. The summed E-state index contributed by atoms with van der Waals surface area (Å²) < 4.78 is 4.55. The van der Waals surface area contributed by atoms with E-state index >= 15 is 0 Å². The number of benzene rings is 1. The highest BCUT2D eigenvalue weighted by Crippen LogP contribution is 2.54. The highest BCUT2D eigenvalue weighted by atomic mass is 32.2. The van der Waals surface area contributed by atoms with E-state index in [-0.39, 0.29) is 12.2 Å². The standard InChI is InChI=1S/C22H22N2O5S/c1-4-9-29-21(28)18-22(2,3)30-20-15(19(27)24(18)20)17(26)16(25)13-10-12-7-5-6-8-14(12)23-11-13/h4-8,10-11,15,17-18,20,26H,1,9H2,2-3H3/t15-,17+,18+,20-/m1/s1. The van der Waals surface area contributed by atoms with Gasteiger partial charge in [-0.3, -0.25) is 14.6 Å². The molecule has 2 aliphatic heterocycles. The second kappa shape index (κ2) is 7.52. The Hall–Kier alpha value is -2.71. The summed E-state index contributed by atoms with van der Waals surface area (Å²) in [7, 11) is 0. The highest BCUT2D eigenvalue weighted by molar-refractivity contribution is 8.01. The molecule has 1 aromatic heterocycles. The summed E-state index contributed by atoms with van der Waals surface area (Å²) in [4.78, 5) is 43.9. The molecule has 3 heterocycles. The van der Waals surface area contributed by atoms with E-state index in [4.69, 9.17) is 4.74 Å². The normalized spacial score (nSPS) is 25.4. The van der Waals surface area contributed by atoms with E-state index < -0.39 is 45.8 Å². The first kappa shape index (κ1) is 20.6. The van der Waals surface area contributed by atoms with E-state index in [1.54, 1.807) is 6.07 Å². The van der Waals surface area contributed by atoms with Crippen molar-refractivity contribution in [3.8, 4) is 0 Å². The van der Waals surface area contributed by atoms with Gasteiger partial charge in [0.05, 0.1) is 10.9 Å². The zero-order chi connectivity index (χ0) is 21.6. The first-order chi connectivity index (χ1) is 14.3. The summed E-state index contributed by atoms with van der Waals surface area (Å²) >= 11 is 1.39. The van der Waals surface area contributed by atoms with Crippen molar-refractivity contribution in [1.29, 1.82) is 0 Å². The smallest absolute Gasteiger partial charge is 0.330 e. The minimum atomic E-state index is -1.51. The average Bonchev–Trinajstić information content (AvgIpc) is 2.98. The predicted octanol–water partition coefficient (Wildman–Crippen LogP) is 2.19. The lowest BCUT2D eigenvalue weighted by Gasteiger charge is -2.45. The first-order valence-electron chi connectivity index (χ1n) is 9.61. The number of carbonyl (C=O) groups excluding carboxylic acids is 3. The van der Waals surface area contributed by atoms with Crippen molar-refractivity contribution in [2.24, 2.45) is 5.92 Å². The van der Waals surface area contributed by atoms with Crippen LogP contribution < -0.4 is 0 Å². The van der Waals surface area contributed by atoms with Crippen LogP contribution in [0.3, 0.4) is 0 Å². The summed E-state index contributed by atoms with van der Waals surface area (Å²) in [5.74, 6) is -2.40. The second-order valence-electron chi connectivity index (χ2n) is 7.93. The Balaban J connectivity index is 1.55. The van der Waals surface area contributed by atoms with Crippen LogP contribution in [0.25, 0.3) is 10.9 Å². The van der Waals surface area contributed by atoms with Gasteiger partial charge in [-0.25, -0.2) is 4.79 Å². The fraction of sp³-hybridized carbons (Fsp3) is 0.364. The Morgan fingerprint density at radius 3 is 2.87 bits per heavy atom. The van der Waals surface area contributed by atoms with E-state index in [0.717, 1.165) is 10.9 Å². The number of Topliss-reactive ketones (excluding diaryl/α,β-unsaturated/α-hetero) is 1. The van der Waals surface area contributed by atoms with E-state index in [1.165, 1.54) is 28.9 Å². The molecule has 0 saturated carbocycles. The number of rotatable bonds is 6. The Morgan fingerprint density at radius 1 is 1.40 bits per heavy atom. The molecule has 8 heteroatoms. The van der Waals surface area contributed by atoms with Crippen LogP contribution >= 0.6 is 11.8 Å². The van der Waals surface area contributed by atoms with Gasteiger partial charge < -0.3 is 14.7 Å². The zero-order valence-electron chi connectivity index (χ0n) is 16.6. The number of nitrogens with zero attached hydrogens (tertiary/aromatic N) is 2. The third kappa shape index (κ3) is 3.20. The van der Waals surface area contributed by atoms with E-state index in [9.17, 15) is 19.5 Å². The van der Waals surface area contributed by atoms with E-state index in [0.29, 0.717) is 0 Å². The maximum Gasteiger partial charge on any atom is 0.330 e. The number of aromatic nitrogens is 1. The fourth-order valence-electron chi connectivity index (χ4n) is 4.07. The predicted molar refractivity (Wildman–Crippen MR) is 113 cm³/mol. The molecule has 4 atom stereocenters. The maximum absolute atomic E-state index is 12.9. The number of ether oxygens (including phenoxy) is 1. The van der Waals surface area contributed by atoms with Gasteiger partial charge >= 0.3 is 5.97 Å². The monoisotopic (exact) mass is 426 g/mol. The zero-order valence-corrected chi connectivity index (χ0v) is 17.5. The van der Waals surface area contributed by atoms with Gasteiger partial charge in [0.2, 0.25) is 5.91 Å². The molecule has 2 saturated heterocycles. The van der Waals surface area contributed by atoms with Gasteiger partial charge in [0, 0.05) is 21.9 Å². The van der Waals surface area contributed by atoms with Crippen molar-refractivity contribution in [1.82, 2.24) is 9.88 Å². The molecular weight excluding hydrogens is 404 g/mol. The molecule has 0 spiro atoms. The number of ketones is 1. The molecule has 2 aromatic rings. The topological polar surface area (TPSA) is 96.8 Å². The Kier molecular flexibility index (Phi) is 5.15. The van der Waals surface area contributed by atoms with Gasteiger partial charge in [0.1, 0.15) is 24.7 Å². The molecule has 7 nitrogen and oxygen atoms in total. The van der Waals surface area contributed by atoms with Crippen molar-refractivity contribution in [3.63, 3.8) is 0 Å². The summed E-state index contributed by atoms with van der Waals surface area (Å²) in [6.07, 6.45) is 1.37. The number of β-lactam (4-membered cyclic amide) rings is 1. The molecule has 0 aliphatic carbocycles. The molecule has 2 aliphatic rings. The third-order valence-electron chi connectivity index (χ3n) is 5.53. The quantitative estimate of drug-likeness (QED) is 0.327. The molecule has 4 rings (SSSR count). The Morgan fingerprint density at radius 2 is 2.13 bits per heavy atom. The van der Waals surface area contributed by atoms with Gasteiger partial charge in [-0.05, 0) is 26.0 Å². The Bertz CT molecular complexity index is 1050. The molecule has 0 radical (unpaired) electrons. The molecule has 1 amide bonds. The number of fused-ring (bicyclic) bond motifs is 2. The van der Waals surface area contributed by atoms with Crippen LogP contribution in [0.1, 0.15) is 24.2 Å². The molecule has 30 heavy (non-hydrogen) atoms. The minimum Gasteiger partial charge on any atom is -0.460 e. The molecule has 0 unspecified atom stereocenters. The van der Waals surface area contributed by atoms with Crippen molar-refractivity contribution < 1.29 is 24.2 Å². The highest BCUT2D eigenvalue weighted by Gasteiger charge is 2.66. The third-order valence-corrected chi connectivity index (χ3v) is 7.13. The van der Waals surface area contributed by atoms with Crippen molar-refractivity contribution in [2.75, 3.05) is 6.61 Å². The largest absolute Gasteiger partial charge is 0.460 e. The number of amides is 1. The number of pyridine rings is 1. The fourth-order valence-corrected chi connectivity index (χ4v) is 5.79. The van der Waals surface area contributed by atoms with Gasteiger partial charge in [-0.2, -0.15) is 0 Å². The second-order valence-corrected chi connectivity index (χ2v) is 9.70. The number of thioether (sulfide) groups is 1. The van der Waals surface area contributed by atoms with E-state index in [1.807, 2.05) is 38.1 Å². The minimum absolute atomic E-state index is 0.0578. The molecule has 0 bridgehead atoms. The van der Waals surface area contributed by atoms with Gasteiger partial charge in [-0.1, -0.05) is 30.9 Å². The lowest BCUT2D eigenvalue weighted by Crippen LogP contribution is -2.66. The first-order valence-corrected chi connectivity index (χ1v) is 10.5. The van der Waals surface area contributed by atoms with Gasteiger partial charge in [-0.15, -0.1) is 11.8 Å². The maximum atomic E-state index is 12.9. The Labute approximate surface area is 178 Å². The lowest BCUT2D eigenvalue weighted by molar-refractivity contribution is -0.169. The number of para-hydroxylation sites is 1. The summed E-state index contributed by atoms with van der Waals surface area (Å²) in [6.45, 7) is 7.28. The average molecular weight is 426 g/mol. The number of carbonyl (C=O) groups is 3. The van der Waals surface area contributed by atoms with Gasteiger partial charge in [0.15, 0.2) is 5.78 Å². The number of aliphatic hydroxyl groups excluding tert-OH is 1. The van der Waals surface area contributed by atoms with Crippen LogP contribution in [0.15, 0.2) is 49.2 Å². The molecule has 156 valence electrons. The molecule has 1 aromatic carbocycles. The summed E-state index contributed by atoms with van der Waals surface area (Å²) in [5.41, 5.74) is 0.986. The number of esters is 1. The van der Waals surface area contributed by atoms with Crippen LogP contribution in [-0.2, 0) is 14.3 Å². The van der Waals surface area contributed by atoms with E-state index in [2.05, 4.69) is 11.6 Å². The van der Waals surface area contributed by atoms with Gasteiger partial charge in [0.25, 0.3) is 0 Å². The van der Waals surface area contributed by atoms with Crippen LogP contribution in [0, 0.1) is 5.92 Å². The van der Waals surface area contributed by atoms with Crippen molar-refractivity contribution in [2.45, 2.75) is 36.1 Å².